The fraction of sp³-hybridized carbons (Fsp3) is 0.350. The molecular formula is C20H24ClNO5. The summed E-state index contributed by atoms with van der Waals surface area (Å²) >= 11 is 6.24. The molecule has 2 aromatic rings. The molecule has 0 aliphatic heterocycles. The van der Waals surface area contributed by atoms with Gasteiger partial charge in [-0.1, -0.05) is 17.7 Å². The van der Waals surface area contributed by atoms with E-state index in [4.69, 9.17) is 30.5 Å². The van der Waals surface area contributed by atoms with Crippen LogP contribution in [0.3, 0.4) is 0 Å². The van der Waals surface area contributed by atoms with Crippen LogP contribution in [0, 0.1) is 6.92 Å². The second-order valence-electron chi connectivity index (χ2n) is 5.76. The number of rotatable bonds is 9. The third kappa shape index (κ3) is 5.69. The van der Waals surface area contributed by atoms with Crippen LogP contribution in [0.15, 0.2) is 30.3 Å². The number of amides is 1. The number of hydrogen-bond acceptors (Lipinski definition) is 5. The van der Waals surface area contributed by atoms with Crippen molar-refractivity contribution in [1.82, 2.24) is 5.32 Å². The Bertz CT molecular complexity index is 794. The molecule has 2 aromatic carbocycles. The van der Waals surface area contributed by atoms with Crippen molar-refractivity contribution in [2.75, 3.05) is 27.4 Å². The molecule has 1 amide bonds. The maximum atomic E-state index is 12.1. The quantitative estimate of drug-likeness (QED) is 0.702. The predicted molar refractivity (Wildman–Crippen MR) is 104 cm³/mol. The van der Waals surface area contributed by atoms with Gasteiger partial charge in [-0.3, -0.25) is 4.79 Å². The summed E-state index contributed by atoms with van der Waals surface area (Å²) in [6, 6.07) is 9.03. The number of nitrogens with one attached hydrogen (secondary N) is 1. The van der Waals surface area contributed by atoms with Gasteiger partial charge in [0, 0.05) is 6.54 Å². The number of halogens is 1. The highest BCUT2D eigenvalue weighted by molar-refractivity contribution is 6.32. The summed E-state index contributed by atoms with van der Waals surface area (Å²) in [6.07, 6.45) is 0. The van der Waals surface area contributed by atoms with E-state index in [-0.39, 0.29) is 19.1 Å². The van der Waals surface area contributed by atoms with Crippen molar-refractivity contribution in [2.45, 2.75) is 20.4 Å². The van der Waals surface area contributed by atoms with Gasteiger partial charge in [0.2, 0.25) is 0 Å². The first-order valence-electron chi connectivity index (χ1n) is 8.51. The van der Waals surface area contributed by atoms with Gasteiger partial charge in [-0.15, -0.1) is 0 Å². The van der Waals surface area contributed by atoms with Crippen molar-refractivity contribution in [2.24, 2.45) is 0 Å². The smallest absolute Gasteiger partial charge is 0.258 e. The lowest BCUT2D eigenvalue weighted by molar-refractivity contribution is -0.123. The summed E-state index contributed by atoms with van der Waals surface area (Å²) < 4.78 is 21.6. The Hall–Kier alpha value is -2.60. The highest BCUT2D eigenvalue weighted by atomic mass is 35.5. The predicted octanol–water partition coefficient (Wildman–Crippen LogP) is 3.76. The van der Waals surface area contributed by atoms with Crippen molar-refractivity contribution in [1.29, 1.82) is 0 Å². The van der Waals surface area contributed by atoms with E-state index >= 15 is 0 Å². The lowest BCUT2D eigenvalue weighted by Crippen LogP contribution is -2.28. The number of hydrogen-bond donors (Lipinski definition) is 1. The molecule has 1 N–H and O–H groups in total. The summed E-state index contributed by atoms with van der Waals surface area (Å²) in [4.78, 5) is 12.1. The molecular weight excluding hydrogens is 370 g/mol. The highest BCUT2D eigenvalue weighted by Crippen LogP contribution is 2.36. The molecule has 0 fully saturated rings. The van der Waals surface area contributed by atoms with Crippen molar-refractivity contribution in [3.8, 4) is 23.0 Å². The zero-order chi connectivity index (χ0) is 19.8. The first-order chi connectivity index (χ1) is 13.0. The second kappa shape index (κ2) is 9.92. The maximum absolute atomic E-state index is 12.1. The number of carbonyl (C=O) groups is 1. The molecule has 6 nitrogen and oxygen atoms in total. The molecule has 0 aromatic heterocycles. The van der Waals surface area contributed by atoms with Crippen LogP contribution >= 0.6 is 11.6 Å². The van der Waals surface area contributed by atoms with E-state index in [2.05, 4.69) is 5.32 Å². The molecule has 0 unspecified atom stereocenters. The van der Waals surface area contributed by atoms with E-state index in [0.717, 1.165) is 11.1 Å². The Labute approximate surface area is 164 Å². The largest absolute Gasteiger partial charge is 0.493 e. The molecule has 7 heteroatoms. The van der Waals surface area contributed by atoms with Crippen LogP contribution in [0.2, 0.25) is 5.02 Å². The standard InChI is InChI=1S/C20H24ClNO5/c1-5-26-20-15(21)9-14(10-18(20)25-4)11-22-19(23)12-27-16-7-6-13(2)8-17(16)24-3/h6-10H,5,11-12H2,1-4H3,(H,22,23). The molecule has 27 heavy (non-hydrogen) atoms. The van der Waals surface area contributed by atoms with Crippen LogP contribution in [0.5, 0.6) is 23.0 Å². The van der Waals surface area contributed by atoms with E-state index in [9.17, 15) is 4.79 Å². The van der Waals surface area contributed by atoms with E-state index in [1.807, 2.05) is 26.0 Å². The van der Waals surface area contributed by atoms with Gasteiger partial charge >= 0.3 is 0 Å². The maximum Gasteiger partial charge on any atom is 0.258 e. The summed E-state index contributed by atoms with van der Waals surface area (Å²) in [7, 11) is 3.10. The molecule has 0 spiro atoms. The average Bonchev–Trinajstić information content (AvgIpc) is 2.66. The van der Waals surface area contributed by atoms with Crippen LogP contribution < -0.4 is 24.3 Å². The minimum absolute atomic E-state index is 0.124. The Balaban J connectivity index is 1.95. The minimum atomic E-state index is -0.262. The molecule has 0 radical (unpaired) electrons. The topological polar surface area (TPSA) is 66.0 Å². The number of methoxy groups -OCH3 is 2. The summed E-state index contributed by atoms with van der Waals surface area (Å²) in [6.45, 7) is 4.46. The zero-order valence-electron chi connectivity index (χ0n) is 15.9. The lowest BCUT2D eigenvalue weighted by Gasteiger charge is -2.14. The molecule has 2 rings (SSSR count). The molecule has 0 atom stereocenters. The fourth-order valence-electron chi connectivity index (χ4n) is 2.45. The van der Waals surface area contributed by atoms with Gasteiger partial charge in [0.1, 0.15) is 0 Å². The molecule has 0 heterocycles. The molecule has 0 aliphatic carbocycles. The van der Waals surface area contributed by atoms with Gasteiger partial charge in [-0.2, -0.15) is 0 Å². The van der Waals surface area contributed by atoms with E-state index < -0.39 is 0 Å². The van der Waals surface area contributed by atoms with E-state index in [0.29, 0.717) is 34.6 Å². The molecule has 0 saturated carbocycles. The number of carbonyl (C=O) groups excluding carboxylic acids is 1. The van der Waals surface area contributed by atoms with Crippen LogP contribution in [-0.2, 0) is 11.3 Å². The van der Waals surface area contributed by atoms with E-state index in [1.54, 1.807) is 32.4 Å². The van der Waals surface area contributed by atoms with Crippen LogP contribution in [0.4, 0.5) is 0 Å². The third-order valence-corrected chi connectivity index (χ3v) is 4.03. The number of aryl methyl sites for hydroxylation is 1. The number of ether oxygens (including phenoxy) is 4. The monoisotopic (exact) mass is 393 g/mol. The molecule has 146 valence electrons. The summed E-state index contributed by atoms with van der Waals surface area (Å²) in [5, 5.41) is 3.22. The first-order valence-corrected chi connectivity index (χ1v) is 8.89. The number of benzene rings is 2. The van der Waals surface area contributed by atoms with Gasteiger partial charge in [-0.25, -0.2) is 0 Å². The second-order valence-corrected chi connectivity index (χ2v) is 6.17. The highest BCUT2D eigenvalue weighted by Gasteiger charge is 2.13. The Morgan fingerprint density at radius 3 is 2.44 bits per heavy atom. The molecule has 0 aliphatic rings. The van der Waals surface area contributed by atoms with Gasteiger partial charge in [0.15, 0.2) is 29.6 Å². The first kappa shape index (κ1) is 20.7. The van der Waals surface area contributed by atoms with Gasteiger partial charge in [0.05, 0.1) is 25.8 Å². The van der Waals surface area contributed by atoms with Crippen molar-refractivity contribution < 1.29 is 23.7 Å². The van der Waals surface area contributed by atoms with Crippen LogP contribution in [0.1, 0.15) is 18.1 Å². The molecule has 0 bridgehead atoms. The Morgan fingerprint density at radius 2 is 1.78 bits per heavy atom. The average molecular weight is 394 g/mol. The van der Waals surface area contributed by atoms with Crippen molar-refractivity contribution in [3.63, 3.8) is 0 Å². The minimum Gasteiger partial charge on any atom is -0.493 e. The van der Waals surface area contributed by atoms with Crippen molar-refractivity contribution in [3.05, 3.63) is 46.5 Å². The molecule has 0 saturated heterocycles. The normalized spacial score (nSPS) is 10.3. The SMILES string of the molecule is CCOc1c(Cl)cc(CNC(=O)COc2ccc(C)cc2OC)cc1OC. The fourth-order valence-corrected chi connectivity index (χ4v) is 2.74. The zero-order valence-corrected chi connectivity index (χ0v) is 16.7. The van der Waals surface area contributed by atoms with Crippen LogP contribution in [-0.4, -0.2) is 33.3 Å². The summed E-state index contributed by atoms with van der Waals surface area (Å²) in [5.74, 6) is 1.86. The van der Waals surface area contributed by atoms with Crippen molar-refractivity contribution >= 4 is 17.5 Å². The van der Waals surface area contributed by atoms with Gasteiger partial charge < -0.3 is 24.3 Å². The van der Waals surface area contributed by atoms with E-state index in [1.165, 1.54) is 0 Å². The Morgan fingerprint density at radius 1 is 1.04 bits per heavy atom. The van der Waals surface area contributed by atoms with Crippen LogP contribution in [0.25, 0.3) is 0 Å². The lowest BCUT2D eigenvalue weighted by atomic mass is 10.2. The summed E-state index contributed by atoms with van der Waals surface area (Å²) in [5.41, 5.74) is 1.84. The third-order valence-electron chi connectivity index (χ3n) is 3.75. The van der Waals surface area contributed by atoms with Gasteiger partial charge in [-0.05, 0) is 49.2 Å². The Kier molecular flexibility index (Phi) is 7.61. The van der Waals surface area contributed by atoms with Gasteiger partial charge in [0.25, 0.3) is 5.91 Å².